The monoisotopic (exact) mass is 260 g/mol. The van der Waals surface area contributed by atoms with Crippen molar-refractivity contribution in [1.82, 2.24) is 10.2 Å². The number of nitrogens with one attached hydrogen (secondary N) is 1. The predicted octanol–water partition coefficient (Wildman–Crippen LogP) is 1.83. The number of rotatable bonds is 6. The molecule has 17 heavy (non-hydrogen) atoms. The molecule has 1 unspecified atom stereocenters. The lowest BCUT2D eigenvalue weighted by Gasteiger charge is -2.30. The maximum Gasteiger partial charge on any atom is 0.0630 e. The van der Waals surface area contributed by atoms with Crippen molar-refractivity contribution in [2.24, 2.45) is 0 Å². The lowest BCUT2D eigenvalue weighted by Crippen LogP contribution is -2.46. The molecule has 1 aliphatic heterocycles. The van der Waals surface area contributed by atoms with Gasteiger partial charge in [-0.05, 0) is 19.5 Å². The van der Waals surface area contributed by atoms with Crippen LogP contribution in [0.5, 0.6) is 0 Å². The van der Waals surface area contributed by atoms with Crippen LogP contribution in [0.3, 0.4) is 0 Å². The molecule has 1 saturated heterocycles. The second kappa shape index (κ2) is 7.62. The summed E-state index contributed by atoms with van der Waals surface area (Å²) in [5.41, 5.74) is 0. The molecule has 0 amide bonds. The number of thioether (sulfide) groups is 1. The van der Waals surface area contributed by atoms with Gasteiger partial charge in [0.25, 0.3) is 0 Å². The summed E-state index contributed by atoms with van der Waals surface area (Å²) >= 11 is 2.10. The zero-order valence-corrected chi connectivity index (χ0v) is 12.6. The maximum atomic E-state index is 5.36. The van der Waals surface area contributed by atoms with Gasteiger partial charge < -0.3 is 10.1 Å². The number of methoxy groups -OCH3 is 1. The Morgan fingerprint density at radius 1 is 1.41 bits per heavy atom. The van der Waals surface area contributed by atoms with Crippen molar-refractivity contribution in [1.29, 1.82) is 0 Å². The Morgan fingerprint density at radius 2 is 2.18 bits per heavy atom. The van der Waals surface area contributed by atoms with Gasteiger partial charge in [-0.2, -0.15) is 11.8 Å². The summed E-state index contributed by atoms with van der Waals surface area (Å²) in [6.07, 6.45) is 1.27. The van der Waals surface area contributed by atoms with Gasteiger partial charge in [-0.1, -0.05) is 20.8 Å². The highest BCUT2D eigenvalue weighted by Crippen LogP contribution is 2.31. The summed E-state index contributed by atoms with van der Waals surface area (Å²) in [4.78, 5) is 2.59. The van der Waals surface area contributed by atoms with Gasteiger partial charge in [0.05, 0.1) is 6.61 Å². The standard InChI is InChI=1S/C13H28N2OS/c1-5-14-10-12(11-16-4)15-7-6-13(2,3)17-9-8-15/h12,14H,5-11H2,1-4H3. The van der Waals surface area contributed by atoms with E-state index in [1.165, 1.54) is 25.3 Å². The van der Waals surface area contributed by atoms with Gasteiger partial charge in [0.15, 0.2) is 0 Å². The molecule has 1 heterocycles. The number of ether oxygens (including phenoxy) is 1. The molecule has 102 valence electrons. The summed E-state index contributed by atoms with van der Waals surface area (Å²) in [7, 11) is 1.80. The molecule has 4 heteroatoms. The zero-order valence-electron chi connectivity index (χ0n) is 11.8. The molecule has 0 aromatic carbocycles. The van der Waals surface area contributed by atoms with Crippen LogP contribution >= 0.6 is 11.8 Å². The Bertz CT molecular complexity index is 212. The molecule has 0 radical (unpaired) electrons. The van der Waals surface area contributed by atoms with E-state index in [2.05, 4.69) is 42.7 Å². The van der Waals surface area contributed by atoms with E-state index < -0.39 is 0 Å². The van der Waals surface area contributed by atoms with Gasteiger partial charge in [-0.15, -0.1) is 0 Å². The largest absolute Gasteiger partial charge is 0.383 e. The van der Waals surface area contributed by atoms with E-state index >= 15 is 0 Å². The van der Waals surface area contributed by atoms with E-state index in [1.54, 1.807) is 7.11 Å². The first-order valence-electron chi connectivity index (χ1n) is 6.66. The third-order valence-electron chi connectivity index (χ3n) is 3.38. The van der Waals surface area contributed by atoms with E-state index in [4.69, 9.17) is 4.74 Å². The fourth-order valence-electron chi connectivity index (χ4n) is 2.20. The lowest BCUT2D eigenvalue weighted by molar-refractivity contribution is 0.0925. The molecule has 1 atom stereocenters. The van der Waals surface area contributed by atoms with E-state index in [0.717, 1.165) is 19.7 Å². The van der Waals surface area contributed by atoms with E-state index in [9.17, 15) is 0 Å². The minimum Gasteiger partial charge on any atom is -0.383 e. The molecule has 0 saturated carbocycles. The quantitative estimate of drug-likeness (QED) is 0.787. The highest BCUT2D eigenvalue weighted by molar-refractivity contribution is 8.00. The topological polar surface area (TPSA) is 24.5 Å². The van der Waals surface area contributed by atoms with Crippen molar-refractivity contribution in [3.63, 3.8) is 0 Å². The molecule has 1 fully saturated rings. The average molecular weight is 260 g/mol. The molecular formula is C13H28N2OS. The Balaban J connectivity index is 2.48. The van der Waals surface area contributed by atoms with Crippen molar-refractivity contribution in [3.8, 4) is 0 Å². The van der Waals surface area contributed by atoms with Crippen LogP contribution in [0.15, 0.2) is 0 Å². The summed E-state index contributed by atoms with van der Waals surface area (Å²) < 4.78 is 5.79. The van der Waals surface area contributed by atoms with Crippen LogP contribution in [-0.4, -0.2) is 61.3 Å². The Kier molecular flexibility index (Phi) is 6.85. The third-order valence-corrected chi connectivity index (χ3v) is 4.75. The Hall–Kier alpha value is 0.230. The normalized spacial score (nSPS) is 23.3. The minimum atomic E-state index is 0.435. The van der Waals surface area contributed by atoms with Crippen molar-refractivity contribution in [2.45, 2.75) is 38.0 Å². The van der Waals surface area contributed by atoms with Crippen LogP contribution in [0.1, 0.15) is 27.2 Å². The first-order valence-corrected chi connectivity index (χ1v) is 7.65. The average Bonchev–Trinajstić information content (AvgIpc) is 2.46. The maximum absolute atomic E-state index is 5.36. The van der Waals surface area contributed by atoms with Crippen molar-refractivity contribution in [2.75, 3.05) is 45.6 Å². The van der Waals surface area contributed by atoms with Crippen molar-refractivity contribution >= 4 is 11.8 Å². The van der Waals surface area contributed by atoms with E-state index in [0.29, 0.717) is 10.8 Å². The molecule has 1 rings (SSSR count). The lowest BCUT2D eigenvalue weighted by atomic mass is 10.1. The fourth-order valence-corrected chi connectivity index (χ4v) is 3.31. The molecule has 0 aromatic rings. The van der Waals surface area contributed by atoms with Gasteiger partial charge in [0.1, 0.15) is 0 Å². The first kappa shape index (κ1) is 15.3. The SMILES string of the molecule is CCNCC(COC)N1CCSC(C)(C)CC1. The van der Waals surface area contributed by atoms with Crippen LogP contribution < -0.4 is 5.32 Å². The third kappa shape index (κ3) is 5.60. The number of likely N-dealkylation sites (N-methyl/N-ethyl adjacent to an activating group) is 1. The van der Waals surface area contributed by atoms with Gasteiger partial charge in [0, 0.05) is 36.7 Å². The van der Waals surface area contributed by atoms with E-state index in [1.807, 2.05) is 0 Å². The summed E-state index contributed by atoms with van der Waals surface area (Å²) in [6.45, 7) is 12.2. The molecule has 1 aliphatic rings. The zero-order chi connectivity index (χ0) is 12.7. The number of hydrogen-bond donors (Lipinski definition) is 1. The molecular weight excluding hydrogens is 232 g/mol. The second-order valence-electron chi connectivity index (χ2n) is 5.31. The molecule has 0 aliphatic carbocycles. The van der Waals surface area contributed by atoms with Gasteiger partial charge in [0.2, 0.25) is 0 Å². The van der Waals surface area contributed by atoms with Crippen LogP contribution in [0.25, 0.3) is 0 Å². The summed E-state index contributed by atoms with van der Waals surface area (Å²) in [6, 6.07) is 0.523. The Labute approximate surface area is 111 Å². The fraction of sp³-hybridized carbons (Fsp3) is 1.00. The summed E-state index contributed by atoms with van der Waals surface area (Å²) in [5, 5.41) is 3.44. The van der Waals surface area contributed by atoms with E-state index in [-0.39, 0.29) is 0 Å². The number of nitrogens with zero attached hydrogens (tertiary/aromatic N) is 1. The highest BCUT2D eigenvalue weighted by Gasteiger charge is 2.27. The van der Waals surface area contributed by atoms with Crippen LogP contribution in [0.4, 0.5) is 0 Å². The summed E-state index contributed by atoms with van der Waals surface area (Å²) in [5.74, 6) is 1.24. The second-order valence-corrected chi connectivity index (χ2v) is 7.11. The molecule has 0 bridgehead atoms. The highest BCUT2D eigenvalue weighted by atomic mass is 32.2. The van der Waals surface area contributed by atoms with Crippen LogP contribution in [0, 0.1) is 0 Å². The molecule has 0 spiro atoms. The van der Waals surface area contributed by atoms with Crippen molar-refractivity contribution < 1.29 is 4.74 Å². The molecule has 3 nitrogen and oxygen atoms in total. The van der Waals surface area contributed by atoms with Crippen LogP contribution in [-0.2, 0) is 4.74 Å². The number of hydrogen-bond acceptors (Lipinski definition) is 4. The smallest absolute Gasteiger partial charge is 0.0630 e. The first-order chi connectivity index (χ1) is 8.09. The molecule has 0 aromatic heterocycles. The van der Waals surface area contributed by atoms with Gasteiger partial charge >= 0.3 is 0 Å². The van der Waals surface area contributed by atoms with Gasteiger partial charge in [-0.25, -0.2) is 0 Å². The van der Waals surface area contributed by atoms with Crippen molar-refractivity contribution in [3.05, 3.63) is 0 Å². The predicted molar refractivity (Wildman–Crippen MR) is 76.9 cm³/mol. The van der Waals surface area contributed by atoms with Crippen LogP contribution in [0.2, 0.25) is 0 Å². The molecule has 1 N–H and O–H groups in total. The Morgan fingerprint density at radius 3 is 2.82 bits per heavy atom. The minimum absolute atomic E-state index is 0.435. The van der Waals surface area contributed by atoms with Gasteiger partial charge in [-0.3, -0.25) is 4.90 Å².